The van der Waals surface area contributed by atoms with E-state index in [-0.39, 0.29) is 12.4 Å². The van der Waals surface area contributed by atoms with Crippen LogP contribution in [0.2, 0.25) is 5.02 Å². The lowest BCUT2D eigenvalue weighted by atomic mass is 10.1. The molecule has 0 saturated heterocycles. The van der Waals surface area contributed by atoms with E-state index < -0.39 is 24.7 Å². The molecule has 2 rings (SSSR count). The van der Waals surface area contributed by atoms with Crippen LogP contribution in [0.25, 0.3) is 11.3 Å². The number of nitrogens with one attached hydrogen (secondary N) is 1. The first-order valence-corrected chi connectivity index (χ1v) is 7.30. The van der Waals surface area contributed by atoms with Gasteiger partial charge in [-0.25, -0.2) is 0 Å². The Morgan fingerprint density at radius 2 is 2.17 bits per heavy atom. The Morgan fingerprint density at radius 3 is 2.83 bits per heavy atom. The zero-order valence-electron chi connectivity index (χ0n) is 12.6. The van der Waals surface area contributed by atoms with E-state index in [2.05, 4.69) is 15.2 Å². The van der Waals surface area contributed by atoms with E-state index in [0.717, 1.165) is 0 Å². The van der Waals surface area contributed by atoms with Gasteiger partial charge in [0, 0.05) is 22.7 Å². The summed E-state index contributed by atoms with van der Waals surface area (Å²) in [6.07, 6.45) is -4.40. The molecule has 24 heavy (non-hydrogen) atoms. The second-order valence-corrected chi connectivity index (χ2v) is 5.53. The van der Waals surface area contributed by atoms with Crippen molar-refractivity contribution in [1.82, 2.24) is 10.5 Å². The summed E-state index contributed by atoms with van der Waals surface area (Å²) in [6, 6.07) is 7.63. The van der Waals surface area contributed by atoms with E-state index in [1.54, 1.807) is 24.3 Å². The quantitative estimate of drug-likeness (QED) is 0.851. The molecule has 9 heteroatoms. The normalized spacial score (nSPS) is 12.9. The SMILES string of the molecule is CC(COCC(F)(F)F)NC(=O)c1cc(-c2cccc(Cl)c2)no1. The lowest BCUT2D eigenvalue weighted by Crippen LogP contribution is -2.36. The van der Waals surface area contributed by atoms with Crippen molar-refractivity contribution in [2.24, 2.45) is 0 Å². The van der Waals surface area contributed by atoms with Gasteiger partial charge in [-0.15, -0.1) is 0 Å². The smallest absolute Gasteiger partial charge is 0.370 e. The van der Waals surface area contributed by atoms with Gasteiger partial charge >= 0.3 is 6.18 Å². The molecule has 1 heterocycles. The summed E-state index contributed by atoms with van der Waals surface area (Å²) in [5.41, 5.74) is 1.09. The van der Waals surface area contributed by atoms with E-state index in [1.165, 1.54) is 13.0 Å². The summed E-state index contributed by atoms with van der Waals surface area (Å²) in [5, 5.41) is 6.75. The molecular weight excluding hydrogens is 349 g/mol. The van der Waals surface area contributed by atoms with Gasteiger partial charge < -0.3 is 14.6 Å². The number of nitrogens with zero attached hydrogens (tertiary/aromatic N) is 1. The molecule has 0 aliphatic rings. The highest BCUT2D eigenvalue weighted by molar-refractivity contribution is 6.30. The number of carbonyl (C=O) groups excluding carboxylic acids is 1. The average molecular weight is 363 g/mol. The Labute approximate surface area is 140 Å². The summed E-state index contributed by atoms with van der Waals surface area (Å²) in [4.78, 5) is 12.0. The van der Waals surface area contributed by atoms with Crippen LogP contribution in [0.4, 0.5) is 13.2 Å². The van der Waals surface area contributed by atoms with Crippen molar-refractivity contribution >= 4 is 17.5 Å². The fourth-order valence-corrected chi connectivity index (χ4v) is 2.04. The van der Waals surface area contributed by atoms with Gasteiger partial charge in [0.05, 0.1) is 6.61 Å². The minimum Gasteiger partial charge on any atom is -0.370 e. The number of benzene rings is 1. The van der Waals surface area contributed by atoms with Gasteiger partial charge in [-0.3, -0.25) is 4.79 Å². The molecule has 1 atom stereocenters. The third kappa shape index (κ3) is 5.54. The Morgan fingerprint density at radius 1 is 1.42 bits per heavy atom. The predicted octanol–water partition coefficient (Wildman–Crippen LogP) is 3.69. The molecule has 0 spiro atoms. The standard InChI is InChI=1S/C15H14ClF3N2O3/c1-9(7-23-8-15(17,18)19)20-14(22)13-6-12(21-24-13)10-3-2-4-11(16)5-10/h2-6,9H,7-8H2,1H3,(H,20,22). The minimum absolute atomic E-state index is 0.0624. The molecule has 1 aromatic heterocycles. The Kier molecular flexibility index (Phi) is 5.84. The maximum Gasteiger partial charge on any atom is 0.411 e. The number of ether oxygens (including phenoxy) is 1. The van der Waals surface area contributed by atoms with Gasteiger partial charge in [0.15, 0.2) is 0 Å². The molecule has 0 fully saturated rings. The number of alkyl halides is 3. The molecule has 0 bridgehead atoms. The topological polar surface area (TPSA) is 64.4 Å². The minimum atomic E-state index is -4.40. The third-order valence-electron chi connectivity index (χ3n) is 2.87. The Bertz CT molecular complexity index is 703. The monoisotopic (exact) mass is 362 g/mol. The van der Waals surface area contributed by atoms with Crippen molar-refractivity contribution in [3.05, 3.63) is 41.1 Å². The maximum atomic E-state index is 12.0. The highest BCUT2D eigenvalue weighted by atomic mass is 35.5. The van der Waals surface area contributed by atoms with Gasteiger partial charge in [0.2, 0.25) is 5.76 Å². The lowest BCUT2D eigenvalue weighted by molar-refractivity contribution is -0.174. The van der Waals surface area contributed by atoms with Crippen LogP contribution in [0, 0.1) is 0 Å². The molecule has 5 nitrogen and oxygen atoms in total. The van der Waals surface area contributed by atoms with Crippen molar-refractivity contribution in [2.75, 3.05) is 13.2 Å². The van der Waals surface area contributed by atoms with Crippen molar-refractivity contribution in [3.63, 3.8) is 0 Å². The third-order valence-corrected chi connectivity index (χ3v) is 3.10. The molecule has 0 aliphatic heterocycles. The molecule has 130 valence electrons. The Balaban J connectivity index is 1.91. The van der Waals surface area contributed by atoms with Crippen LogP contribution >= 0.6 is 11.6 Å². The number of hydrogen-bond donors (Lipinski definition) is 1. The molecule has 1 aromatic carbocycles. The fraction of sp³-hybridized carbons (Fsp3) is 0.333. The van der Waals surface area contributed by atoms with Crippen LogP contribution in [0.5, 0.6) is 0 Å². The van der Waals surface area contributed by atoms with Crippen molar-refractivity contribution in [1.29, 1.82) is 0 Å². The summed E-state index contributed by atoms with van der Waals surface area (Å²) < 4.78 is 45.4. The van der Waals surface area contributed by atoms with E-state index in [1.807, 2.05) is 0 Å². The number of rotatable bonds is 6. The number of amides is 1. The van der Waals surface area contributed by atoms with Crippen LogP contribution in [-0.2, 0) is 4.74 Å². The first kappa shape index (κ1) is 18.3. The zero-order valence-corrected chi connectivity index (χ0v) is 13.3. The summed E-state index contributed by atoms with van der Waals surface area (Å²) >= 11 is 5.88. The largest absolute Gasteiger partial charge is 0.411 e. The highest BCUT2D eigenvalue weighted by Crippen LogP contribution is 2.22. The molecule has 1 amide bonds. The highest BCUT2D eigenvalue weighted by Gasteiger charge is 2.27. The first-order chi connectivity index (χ1) is 11.2. The molecular formula is C15H14ClF3N2O3. The zero-order chi connectivity index (χ0) is 17.7. The van der Waals surface area contributed by atoms with E-state index in [9.17, 15) is 18.0 Å². The molecule has 0 radical (unpaired) electrons. The number of halogens is 4. The molecule has 0 aliphatic carbocycles. The molecule has 0 saturated carbocycles. The second-order valence-electron chi connectivity index (χ2n) is 5.09. The number of aromatic nitrogens is 1. The summed E-state index contributed by atoms with van der Waals surface area (Å²) in [6.45, 7) is -0.127. The van der Waals surface area contributed by atoms with Crippen LogP contribution < -0.4 is 5.32 Å². The summed E-state index contributed by atoms with van der Waals surface area (Å²) in [5.74, 6) is -0.661. The van der Waals surface area contributed by atoms with Gasteiger partial charge in [-0.1, -0.05) is 28.9 Å². The van der Waals surface area contributed by atoms with Crippen molar-refractivity contribution in [2.45, 2.75) is 19.1 Å². The van der Waals surface area contributed by atoms with E-state index in [0.29, 0.717) is 16.3 Å². The fourth-order valence-electron chi connectivity index (χ4n) is 1.85. The average Bonchev–Trinajstić information content (AvgIpc) is 2.95. The van der Waals surface area contributed by atoms with Crippen LogP contribution in [0.3, 0.4) is 0 Å². The van der Waals surface area contributed by atoms with E-state index >= 15 is 0 Å². The molecule has 1 unspecified atom stereocenters. The maximum absolute atomic E-state index is 12.0. The number of carbonyl (C=O) groups is 1. The first-order valence-electron chi connectivity index (χ1n) is 6.92. The molecule has 1 N–H and O–H groups in total. The van der Waals surface area contributed by atoms with Crippen molar-refractivity contribution < 1.29 is 27.2 Å². The van der Waals surface area contributed by atoms with E-state index in [4.69, 9.17) is 16.1 Å². The van der Waals surface area contributed by atoms with Gasteiger partial charge in [-0.2, -0.15) is 13.2 Å². The Hall–Kier alpha value is -2.06. The predicted molar refractivity (Wildman–Crippen MR) is 80.8 cm³/mol. The summed E-state index contributed by atoms with van der Waals surface area (Å²) in [7, 11) is 0. The van der Waals surface area contributed by atoms with Crippen LogP contribution in [-0.4, -0.2) is 36.5 Å². The van der Waals surface area contributed by atoms with Gasteiger partial charge in [-0.05, 0) is 19.1 Å². The van der Waals surface area contributed by atoms with Gasteiger partial charge in [0.1, 0.15) is 12.3 Å². The second kappa shape index (κ2) is 7.67. The van der Waals surface area contributed by atoms with Crippen LogP contribution in [0.1, 0.15) is 17.5 Å². The number of hydrogen-bond acceptors (Lipinski definition) is 4. The lowest BCUT2D eigenvalue weighted by Gasteiger charge is -2.14. The molecule has 2 aromatic rings. The van der Waals surface area contributed by atoms with Crippen molar-refractivity contribution in [3.8, 4) is 11.3 Å². The van der Waals surface area contributed by atoms with Crippen LogP contribution in [0.15, 0.2) is 34.9 Å². The van der Waals surface area contributed by atoms with Gasteiger partial charge in [0.25, 0.3) is 5.91 Å².